The second-order valence-electron chi connectivity index (χ2n) is 3.92. The van der Waals surface area contributed by atoms with Gasteiger partial charge in [-0.15, -0.1) is 0 Å². The number of nitrogens with one attached hydrogen (secondary N) is 1. The number of carbonyl (C=O) groups excluding carboxylic acids is 1. The molecule has 1 N–H and O–H groups in total. The molecule has 0 radical (unpaired) electrons. The molecule has 1 heterocycles. The van der Waals surface area contributed by atoms with Crippen LogP contribution in [0.25, 0.3) is 0 Å². The van der Waals surface area contributed by atoms with Gasteiger partial charge < -0.3 is 5.32 Å². The minimum Gasteiger partial charge on any atom is -0.343 e. The van der Waals surface area contributed by atoms with Crippen molar-refractivity contribution >= 4 is 5.91 Å². The maximum Gasteiger partial charge on any atom is 0.322 e. The average Bonchev–Trinajstić information content (AvgIpc) is 2.27. The first-order chi connectivity index (χ1) is 7.06. The van der Waals surface area contributed by atoms with Crippen LogP contribution in [-0.4, -0.2) is 17.4 Å². The Morgan fingerprint density at radius 2 is 2.40 bits per heavy atom. The number of nitriles is 1. The van der Waals surface area contributed by atoms with Crippen LogP contribution in [0.15, 0.2) is 24.5 Å². The van der Waals surface area contributed by atoms with E-state index in [0.29, 0.717) is 6.54 Å². The molecule has 0 aliphatic rings. The van der Waals surface area contributed by atoms with Crippen LogP contribution in [0.4, 0.5) is 0 Å². The third-order valence-corrected chi connectivity index (χ3v) is 2.24. The second kappa shape index (κ2) is 4.56. The molecule has 78 valence electrons. The largest absolute Gasteiger partial charge is 0.343 e. The Hall–Kier alpha value is -1.89. The van der Waals surface area contributed by atoms with Crippen molar-refractivity contribution in [1.82, 2.24) is 10.3 Å². The van der Waals surface area contributed by atoms with Crippen LogP contribution in [0, 0.1) is 11.3 Å². The summed E-state index contributed by atoms with van der Waals surface area (Å²) in [5, 5.41) is 10.9. The van der Waals surface area contributed by atoms with Crippen LogP contribution in [0.2, 0.25) is 0 Å². The van der Waals surface area contributed by atoms with Gasteiger partial charge >= 0.3 is 5.91 Å². The van der Waals surface area contributed by atoms with Gasteiger partial charge in [-0.05, 0) is 11.6 Å². The normalized spacial score (nSPS) is 10.5. The van der Waals surface area contributed by atoms with Gasteiger partial charge in [0.05, 0.1) is 0 Å². The quantitative estimate of drug-likeness (QED) is 0.745. The summed E-state index contributed by atoms with van der Waals surface area (Å²) in [7, 11) is 0. The average molecular weight is 203 g/mol. The Bertz CT molecular complexity index is 379. The topological polar surface area (TPSA) is 65.8 Å². The highest BCUT2D eigenvalue weighted by molar-refractivity contribution is 5.91. The zero-order valence-corrected chi connectivity index (χ0v) is 8.82. The third kappa shape index (κ3) is 3.06. The van der Waals surface area contributed by atoms with Crippen molar-refractivity contribution in [2.45, 2.75) is 19.3 Å². The molecule has 15 heavy (non-hydrogen) atoms. The molecule has 4 heteroatoms. The molecule has 1 aromatic rings. The molecule has 0 unspecified atom stereocenters. The summed E-state index contributed by atoms with van der Waals surface area (Å²) >= 11 is 0. The molecular weight excluding hydrogens is 190 g/mol. The molecule has 0 saturated heterocycles. The number of hydrogen-bond donors (Lipinski definition) is 1. The fourth-order valence-corrected chi connectivity index (χ4v) is 1.21. The molecule has 0 bridgehead atoms. The van der Waals surface area contributed by atoms with Crippen molar-refractivity contribution in [3.63, 3.8) is 0 Å². The summed E-state index contributed by atoms with van der Waals surface area (Å²) < 4.78 is 0. The van der Waals surface area contributed by atoms with Crippen LogP contribution < -0.4 is 5.32 Å². The van der Waals surface area contributed by atoms with E-state index in [1.807, 2.05) is 26.0 Å². The van der Waals surface area contributed by atoms with Gasteiger partial charge in [-0.1, -0.05) is 19.9 Å². The monoisotopic (exact) mass is 203 g/mol. The van der Waals surface area contributed by atoms with Gasteiger partial charge in [-0.2, -0.15) is 5.26 Å². The van der Waals surface area contributed by atoms with E-state index < -0.39 is 5.91 Å². The molecule has 1 amide bonds. The second-order valence-corrected chi connectivity index (χ2v) is 3.92. The van der Waals surface area contributed by atoms with Crippen molar-refractivity contribution in [1.29, 1.82) is 5.26 Å². The smallest absolute Gasteiger partial charge is 0.322 e. The maximum atomic E-state index is 10.8. The van der Waals surface area contributed by atoms with Crippen molar-refractivity contribution in [2.75, 3.05) is 6.54 Å². The Morgan fingerprint density at radius 1 is 1.67 bits per heavy atom. The summed E-state index contributed by atoms with van der Waals surface area (Å²) in [6.07, 6.45) is 3.46. The third-order valence-electron chi connectivity index (χ3n) is 2.24. The first-order valence-corrected chi connectivity index (χ1v) is 4.65. The van der Waals surface area contributed by atoms with E-state index in [0.717, 1.165) is 5.56 Å². The number of nitrogens with zero attached hydrogens (tertiary/aromatic N) is 2. The lowest BCUT2D eigenvalue weighted by atomic mass is 9.86. The fraction of sp³-hybridized carbons (Fsp3) is 0.364. The number of rotatable bonds is 3. The zero-order valence-electron chi connectivity index (χ0n) is 8.82. The highest BCUT2D eigenvalue weighted by Crippen LogP contribution is 2.20. The van der Waals surface area contributed by atoms with Crippen LogP contribution in [0.5, 0.6) is 0 Å². The Kier molecular flexibility index (Phi) is 3.40. The molecule has 0 fully saturated rings. The highest BCUT2D eigenvalue weighted by atomic mass is 16.1. The molecule has 0 aromatic carbocycles. The number of carbonyl (C=O) groups is 1. The lowest BCUT2D eigenvalue weighted by Gasteiger charge is -2.24. The van der Waals surface area contributed by atoms with E-state index >= 15 is 0 Å². The Morgan fingerprint density at radius 3 is 2.93 bits per heavy atom. The van der Waals surface area contributed by atoms with E-state index in [9.17, 15) is 4.79 Å². The van der Waals surface area contributed by atoms with E-state index in [2.05, 4.69) is 10.3 Å². The number of amides is 1. The van der Waals surface area contributed by atoms with Gasteiger partial charge in [0, 0.05) is 24.4 Å². The predicted molar refractivity (Wildman–Crippen MR) is 55.9 cm³/mol. The molecule has 0 atom stereocenters. The van der Waals surface area contributed by atoms with Gasteiger partial charge in [-0.3, -0.25) is 9.78 Å². The van der Waals surface area contributed by atoms with E-state index in [-0.39, 0.29) is 5.41 Å². The highest BCUT2D eigenvalue weighted by Gasteiger charge is 2.21. The summed E-state index contributed by atoms with van der Waals surface area (Å²) in [4.78, 5) is 14.8. The summed E-state index contributed by atoms with van der Waals surface area (Å²) in [6, 6.07) is 5.32. The molecule has 0 aliphatic heterocycles. The Balaban J connectivity index is 2.68. The van der Waals surface area contributed by atoms with Crippen molar-refractivity contribution in [3.8, 4) is 6.07 Å². The summed E-state index contributed by atoms with van der Waals surface area (Å²) in [5.41, 5.74) is 0.809. The minimum atomic E-state index is -0.605. The van der Waals surface area contributed by atoms with Crippen LogP contribution >= 0.6 is 0 Å². The predicted octanol–water partition coefficient (Wildman–Crippen LogP) is 0.999. The standard InChI is InChI=1S/C11H13N3O/c1-11(2,8-14-10(15)6-12)9-4-3-5-13-7-9/h3-5,7H,8H2,1-2H3,(H,14,15). The first-order valence-electron chi connectivity index (χ1n) is 4.65. The molecule has 0 spiro atoms. The summed E-state index contributed by atoms with van der Waals surface area (Å²) in [6.45, 7) is 4.40. The molecular formula is C11H13N3O. The molecule has 0 aliphatic carbocycles. The molecule has 4 nitrogen and oxygen atoms in total. The summed E-state index contributed by atoms with van der Waals surface area (Å²) in [5.74, 6) is -0.605. The van der Waals surface area contributed by atoms with E-state index in [1.54, 1.807) is 12.4 Å². The van der Waals surface area contributed by atoms with Crippen LogP contribution in [0.3, 0.4) is 0 Å². The SMILES string of the molecule is CC(C)(CNC(=O)C#N)c1cccnc1. The van der Waals surface area contributed by atoms with Gasteiger partial charge in [0.15, 0.2) is 6.07 Å². The number of pyridine rings is 1. The number of hydrogen-bond acceptors (Lipinski definition) is 3. The fourth-order valence-electron chi connectivity index (χ4n) is 1.21. The minimum absolute atomic E-state index is 0.221. The lowest BCUT2D eigenvalue weighted by molar-refractivity contribution is -0.116. The van der Waals surface area contributed by atoms with Crippen LogP contribution in [-0.2, 0) is 10.2 Å². The maximum absolute atomic E-state index is 10.8. The van der Waals surface area contributed by atoms with Gasteiger partial charge in [0.25, 0.3) is 0 Å². The van der Waals surface area contributed by atoms with Crippen molar-refractivity contribution < 1.29 is 4.79 Å². The van der Waals surface area contributed by atoms with E-state index in [4.69, 9.17) is 5.26 Å². The number of aromatic nitrogens is 1. The van der Waals surface area contributed by atoms with Gasteiger partial charge in [0.1, 0.15) is 0 Å². The first kappa shape index (κ1) is 11.2. The Labute approximate surface area is 88.9 Å². The zero-order chi connectivity index (χ0) is 11.3. The van der Waals surface area contributed by atoms with Gasteiger partial charge in [0.2, 0.25) is 0 Å². The lowest BCUT2D eigenvalue weighted by Crippen LogP contribution is -2.36. The van der Waals surface area contributed by atoms with Crippen molar-refractivity contribution in [2.24, 2.45) is 0 Å². The molecule has 1 rings (SSSR count). The van der Waals surface area contributed by atoms with Gasteiger partial charge in [-0.25, -0.2) is 0 Å². The van der Waals surface area contributed by atoms with Crippen molar-refractivity contribution in [3.05, 3.63) is 30.1 Å². The van der Waals surface area contributed by atoms with Crippen LogP contribution in [0.1, 0.15) is 19.4 Å². The van der Waals surface area contributed by atoms with E-state index in [1.165, 1.54) is 6.07 Å². The molecule has 0 saturated carbocycles. The molecule has 1 aromatic heterocycles.